The van der Waals surface area contributed by atoms with Crippen molar-refractivity contribution in [2.24, 2.45) is 10.2 Å². The fourth-order valence-electron chi connectivity index (χ4n) is 2.99. The van der Waals surface area contributed by atoms with Crippen LogP contribution in [0.2, 0.25) is 10.0 Å². The maximum Gasteiger partial charge on any atom is 0.410 e. The molecule has 0 bridgehead atoms. The summed E-state index contributed by atoms with van der Waals surface area (Å²) in [4.78, 5) is 15.9. The van der Waals surface area contributed by atoms with Crippen LogP contribution in [0.3, 0.4) is 0 Å². The number of carbonyl (C=O) groups is 1. The summed E-state index contributed by atoms with van der Waals surface area (Å²) in [5, 5.41) is 10.2. The van der Waals surface area contributed by atoms with Crippen molar-refractivity contribution in [2.75, 3.05) is 13.1 Å². The topological polar surface area (TPSA) is 54.3 Å². The van der Waals surface area contributed by atoms with Crippen molar-refractivity contribution in [3.8, 4) is 0 Å². The van der Waals surface area contributed by atoms with Crippen molar-refractivity contribution in [2.45, 2.75) is 55.0 Å². The molecule has 1 unspecified atom stereocenters. The zero-order valence-corrected chi connectivity index (χ0v) is 19.6. The second-order valence-electron chi connectivity index (χ2n) is 8.08. The molecule has 0 saturated carbocycles. The van der Waals surface area contributed by atoms with Crippen LogP contribution in [-0.4, -0.2) is 35.7 Å². The summed E-state index contributed by atoms with van der Waals surface area (Å²) >= 11 is 13.8. The minimum absolute atomic E-state index is 0.0524. The minimum atomic E-state index is -0.509. The van der Waals surface area contributed by atoms with Gasteiger partial charge in [-0.15, -0.1) is 0 Å². The number of piperidine rings is 1. The molecule has 2 aromatic rings. The molecule has 8 heteroatoms. The molecule has 2 aromatic carbocycles. The summed E-state index contributed by atoms with van der Waals surface area (Å²) in [6, 6.07) is 13.2. The third kappa shape index (κ3) is 6.62. The van der Waals surface area contributed by atoms with Crippen molar-refractivity contribution in [3.63, 3.8) is 0 Å². The van der Waals surface area contributed by atoms with Gasteiger partial charge in [-0.2, -0.15) is 10.2 Å². The predicted molar refractivity (Wildman–Crippen MR) is 122 cm³/mol. The van der Waals surface area contributed by atoms with Gasteiger partial charge >= 0.3 is 6.09 Å². The van der Waals surface area contributed by atoms with E-state index in [0.29, 0.717) is 23.1 Å². The lowest BCUT2D eigenvalue weighted by Crippen LogP contribution is -2.44. The Labute approximate surface area is 191 Å². The van der Waals surface area contributed by atoms with Crippen molar-refractivity contribution in [1.82, 2.24) is 4.90 Å². The number of likely N-dealkylation sites (tertiary alicyclic amines) is 1. The van der Waals surface area contributed by atoms with Gasteiger partial charge < -0.3 is 9.64 Å². The Morgan fingerprint density at radius 1 is 1.17 bits per heavy atom. The largest absolute Gasteiger partial charge is 0.444 e. The van der Waals surface area contributed by atoms with Crippen LogP contribution < -0.4 is 0 Å². The van der Waals surface area contributed by atoms with Crippen molar-refractivity contribution in [3.05, 3.63) is 52.5 Å². The lowest BCUT2D eigenvalue weighted by atomic mass is 10.1. The fourth-order valence-corrected chi connectivity index (χ4v) is 4.40. The number of amides is 1. The molecule has 1 fully saturated rings. The normalized spacial score (nSPS) is 17.4. The molecular weight excluding hydrogens is 441 g/mol. The quantitative estimate of drug-likeness (QED) is 0.436. The van der Waals surface area contributed by atoms with Gasteiger partial charge in [0.25, 0.3) is 0 Å². The Balaban J connectivity index is 1.69. The summed E-state index contributed by atoms with van der Waals surface area (Å²) in [5.41, 5.74) is 0.257. The molecule has 0 N–H and O–H groups in total. The lowest BCUT2D eigenvalue weighted by Gasteiger charge is -2.32. The number of benzene rings is 2. The van der Waals surface area contributed by atoms with E-state index < -0.39 is 5.60 Å². The molecule has 1 saturated heterocycles. The highest BCUT2D eigenvalue weighted by molar-refractivity contribution is 7.99. The number of nitrogens with zero attached hydrogens (tertiary/aromatic N) is 3. The zero-order valence-electron chi connectivity index (χ0n) is 17.3. The Morgan fingerprint density at radius 3 is 2.67 bits per heavy atom. The maximum absolute atomic E-state index is 12.4. The average molecular weight is 466 g/mol. The molecule has 0 aliphatic carbocycles. The van der Waals surface area contributed by atoms with Gasteiger partial charge in [0.2, 0.25) is 0 Å². The Morgan fingerprint density at radius 2 is 1.93 bits per heavy atom. The molecule has 30 heavy (non-hydrogen) atoms. The monoisotopic (exact) mass is 465 g/mol. The number of hydrogen-bond donors (Lipinski definition) is 0. The van der Waals surface area contributed by atoms with E-state index in [9.17, 15) is 4.79 Å². The third-order valence-corrected chi connectivity index (χ3v) is 6.16. The molecule has 1 aliphatic heterocycles. The smallest absolute Gasteiger partial charge is 0.410 e. The van der Waals surface area contributed by atoms with Crippen molar-refractivity contribution >= 4 is 46.7 Å². The molecule has 1 aliphatic rings. The molecule has 1 atom stereocenters. The SMILES string of the molecule is CC(C)(C)OC(=O)N1CCCC(N=Nc2ccccc2Sc2ccc(Cl)cc2Cl)C1. The first-order valence-corrected chi connectivity index (χ1v) is 11.4. The average Bonchev–Trinajstić information content (AvgIpc) is 2.68. The standard InChI is InChI=1S/C22H25Cl2N3O2S/c1-22(2,3)29-21(28)27-12-6-7-16(14-27)25-26-18-8-4-5-9-20(18)30-19-11-10-15(23)13-17(19)24/h4-5,8-11,13,16H,6-7,12,14H2,1-3H3. The lowest BCUT2D eigenvalue weighted by molar-refractivity contribution is 0.0199. The van der Waals surface area contributed by atoms with E-state index in [1.165, 1.54) is 11.8 Å². The number of ether oxygens (including phenoxy) is 1. The molecule has 1 amide bonds. The number of carbonyl (C=O) groups excluding carboxylic acids is 1. The second-order valence-corrected chi connectivity index (χ2v) is 10.0. The number of rotatable bonds is 4. The molecule has 3 rings (SSSR count). The van der Waals surface area contributed by atoms with E-state index in [1.54, 1.807) is 11.0 Å². The number of halogens is 2. The van der Waals surface area contributed by atoms with Gasteiger partial charge in [0, 0.05) is 27.9 Å². The van der Waals surface area contributed by atoms with Crippen LogP contribution in [0.15, 0.2) is 62.5 Å². The minimum Gasteiger partial charge on any atom is -0.444 e. The first-order chi connectivity index (χ1) is 14.2. The summed E-state index contributed by atoms with van der Waals surface area (Å²) in [6.45, 7) is 6.80. The van der Waals surface area contributed by atoms with E-state index in [-0.39, 0.29) is 12.1 Å². The highest BCUT2D eigenvalue weighted by Crippen LogP contribution is 2.39. The predicted octanol–water partition coefficient (Wildman–Crippen LogP) is 7.63. The van der Waals surface area contributed by atoms with Gasteiger partial charge in [0.1, 0.15) is 5.60 Å². The van der Waals surface area contributed by atoms with Crippen LogP contribution in [0, 0.1) is 0 Å². The Kier molecular flexibility index (Phi) is 7.66. The van der Waals surface area contributed by atoms with Crippen LogP contribution in [0.25, 0.3) is 0 Å². The van der Waals surface area contributed by atoms with Gasteiger partial charge in [-0.3, -0.25) is 0 Å². The fraction of sp³-hybridized carbons (Fsp3) is 0.409. The Bertz CT molecular complexity index is 931. The Hall–Kier alpha value is -1.76. The van der Waals surface area contributed by atoms with E-state index in [1.807, 2.05) is 57.2 Å². The van der Waals surface area contributed by atoms with Gasteiger partial charge in [-0.25, -0.2) is 4.79 Å². The molecule has 5 nitrogen and oxygen atoms in total. The molecule has 0 radical (unpaired) electrons. The molecule has 1 heterocycles. The highest BCUT2D eigenvalue weighted by Gasteiger charge is 2.27. The van der Waals surface area contributed by atoms with E-state index >= 15 is 0 Å². The van der Waals surface area contributed by atoms with Gasteiger partial charge in [0.05, 0.1) is 16.8 Å². The highest BCUT2D eigenvalue weighted by atomic mass is 35.5. The van der Waals surface area contributed by atoms with E-state index in [0.717, 1.165) is 28.3 Å². The number of azo groups is 1. The molecule has 0 aromatic heterocycles. The van der Waals surface area contributed by atoms with Crippen LogP contribution in [0.5, 0.6) is 0 Å². The molecule has 160 valence electrons. The first-order valence-electron chi connectivity index (χ1n) is 9.82. The summed E-state index contributed by atoms with van der Waals surface area (Å²) in [5.74, 6) is 0. The van der Waals surface area contributed by atoms with Crippen LogP contribution in [-0.2, 0) is 4.74 Å². The van der Waals surface area contributed by atoms with Crippen LogP contribution >= 0.6 is 35.0 Å². The molecular formula is C22H25Cl2N3O2S. The van der Waals surface area contributed by atoms with Crippen molar-refractivity contribution < 1.29 is 9.53 Å². The first kappa shape index (κ1) is 22.9. The van der Waals surface area contributed by atoms with Crippen LogP contribution in [0.1, 0.15) is 33.6 Å². The molecule has 0 spiro atoms. The zero-order chi connectivity index (χ0) is 21.7. The third-order valence-electron chi connectivity index (χ3n) is 4.36. The van der Waals surface area contributed by atoms with Gasteiger partial charge in [-0.1, -0.05) is 47.1 Å². The van der Waals surface area contributed by atoms with Gasteiger partial charge in [0.15, 0.2) is 0 Å². The summed E-state index contributed by atoms with van der Waals surface area (Å²) < 4.78 is 5.48. The van der Waals surface area contributed by atoms with Crippen molar-refractivity contribution in [1.29, 1.82) is 0 Å². The van der Waals surface area contributed by atoms with Crippen LogP contribution in [0.4, 0.5) is 10.5 Å². The maximum atomic E-state index is 12.4. The van der Waals surface area contributed by atoms with E-state index in [4.69, 9.17) is 27.9 Å². The number of hydrogen-bond acceptors (Lipinski definition) is 5. The summed E-state index contributed by atoms with van der Waals surface area (Å²) in [6.07, 6.45) is 1.47. The van der Waals surface area contributed by atoms with Gasteiger partial charge in [-0.05, 0) is 63.9 Å². The van der Waals surface area contributed by atoms with E-state index in [2.05, 4.69) is 10.2 Å². The second kappa shape index (κ2) is 10.0. The summed E-state index contributed by atoms with van der Waals surface area (Å²) in [7, 11) is 0.